The molecule has 0 atom stereocenters. The summed E-state index contributed by atoms with van der Waals surface area (Å²) in [5.41, 5.74) is 2.15. The molecule has 0 bridgehead atoms. The van der Waals surface area contributed by atoms with Gasteiger partial charge in [-0.25, -0.2) is 0 Å². The van der Waals surface area contributed by atoms with Gasteiger partial charge in [-0.05, 0) is 91.4 Å². The maximum atomic E-state index is 6.23. The fourth-order valence-electron chi connectivity index (χ4n) is 3.16. The minimum Gasteiger partial charge on any atom is -0.487 e. The van der Waals surface area contributed by atoms with Crippen LogP contribution in [0.5, 0.6) is 5.75 Å². The SMILES string of the molecule is CCc1n[nH]c(=S)n1/N=C\c1cc(I)c(OCc2cccc3ccccc23)c(I)c1. The van der Waals surface area contributed by atoms with Gasteiger partial charge in [0.2, 0.25) is 4.77 Å². The van der Waals surface area contributed by atoms with Gasteiger partial charge in [0.05, 0.1) is 13.4 Å². The highest BCUT2D eigenvalue weighted by molar-refractivity contribution is 14.1. The number of hydrogen-bond acceptors (Lipinski definition) is 4. The number of H-pyrrole nitrogens is 1. The third-order valence-electron chi connectivity index (χ3n) is 4.63. The number of aromatic nitrogens is 3. The molecule has 0 fully saturated rings. The minimum atomic E-state index is 0.488. The molecular formula is C22H18I2N4OS. The molecule has 0 spiro atoms. The molecule has 1 heterocycles. The summed E-state index contributed by atoms with van der Waals surface area (Å²) in [4.78, 5) is 0. The second-order valence-electron chi connectivity index (χ2n) is 6.60. The molecular weight excluding hydrogens is 622 g/mol. The van der Waals surface area contributed by atoms with Crippen LogP contribution in [0.1, 0.15) is 23.9 Å². The lowest BCUT2D eigenvalue weighted by molar-refractivity contribution is 0.303. The molecule has 0 aliphatic rings. The van der Waals surface area contributed by atoms with Crippen LogP contribution in [0.3, 0.4) is 0 Å². The van der Waals surface area contributed by atoms with Crippen molar-refractivity contribution < 1.29 is 4.74 Å². The predicted octanol–water partition coefficient (Wildman–Crippen LogP) is 6.33. The Morgan fingerprint density at radius 3 is 2.63 bits per heavy atom. The van der Waals surface area contributed by atoms with Crippen LogP contribution < -0.4 is 4.74 Å². The Balaban J connectivity index is 1.56. The molecule has 152 valence electrons. The van der Waals surface area contributed by atoms with Crippen LogP contribution in [0.25, 0.3) is 10.8 Å². The van der Waals surface area contributed by atoms with E-state index in [4.69, 9.17) is 17.0 Å². The fraction of sp³-hybridized carbons (Fsp3) is 0.136. The molecule has 8 heteroatoms. The first-order chi connectivity index (χ1) is 14.6. The van der Waals surface area contributed by atoms with Crippen LogP contribution in [-0.2, 0) is 13.0 Å². The van der Waals surface area contributed by atoms with E-state index >= 15 is 0 Å². The number of nitrogens with zero attached hydrogens (tertiary/aromatic N) is 3. The Morgan fingerprint density at radius 2 is 1.87 bits per heavy atom. The molecule has 5 nitrogen and oxygen atoms in total. The average Bonchev–Trinajstić information content (AvgIpc) is 3.11. The van der Waals surface area contributed by atoms with Crippen LogP contribution in [0.2, 0.25) is 0 Å². The summed E-state index contributed by atoms with van der Waals surface area (Å²) in [7, 11) is 0. The zero-order chi connectivity index (χ0) is 21.1. The Morgan fingerprint density at radius 1 is 1.13 bits per heavy atom. The topological polar surface area (TPSA) is 55.2 Å². The van der Waals surface area contributed by atoms with Crippen LogP contribution in [0, 0.1) is 11.9 Å². The third kappa shape index (κ3) is 4.59. The monoisotopic (exact) mass is 640 g/mol. The predicted molar refractivity (Wildman–Crippen MR) is 140 cm³/mol. The number of aryl methyl sites for hydroxylation is 1. The molecule has 3 aromatic carbocycles. The van der Waals surface area contributed by atoms with E-state index in [2.05, 4.69) is 115 Å². The summed E-state index contributed by atoms with van der Waals surface area (Å²) < 4.78 is 10.4. The van der Waals surface area contributed by atoms with Crippen molar-refractivity contribution in [2.45, 2.75) is 20.0 Å². The number of fused-ring (bicyclic) bond motifs is 1. The standard InChI is InChI=1S/C22H18I2N4OS/c1-2-20-26-27-22(30)28(20)25-12-14-10-18(23)21(19(24)11-14)29-13-16-8-5-7-15-6-3-4-9-17(15)16/h3-12H,2,13H2,1H3,(H,27,30)/b25-12-. The summed E-state index contributed by atoms with van der Waals surface area (Å²) in [5.74, 6) is 1.69. The van der Waals surface area contributed by atoms with Crippen molar-refractivity contribution in [3.63, 3.8) is 0 Å². The van der Waals surface area contributed by atoms with Gasteiger partial charge in [-0.2, -0.15) is 14.9 Å². The van der Waals surface area contributed by atoms with E-state index in [-0.39, 0.29) is 0 Å². The fourth-order valence-corrected chi connectivity index (χ4v) is 5.48. The molecule has 30 heavy (non-hydrogen) atoms. The van der Waals surface area contributed by atoms with Gasteiger partial charge in [-0.3, -0.25) is 5.10 Å². The molecule has 0 saturated heterocycles. The zero-order valence-corrected chi connectivity index (χ0v) is 21.2. The van der Waals surface area contributed by atoms with E-state index in [0.717, 1.165) is 30.7 Å². The average molecular weight is 640 g/mol. The number of halogens is 2. The number of benzene rings is 3. The largest absolute Gasteiger partial charge is 0.487 e. The van der Waals surface area contributed by atoms with Crippen molar-refractivity contribution in [1.29, 1.82) is 0 Å². The van der Waals surface area contributed by atoms with Gasteiger partial charge >= 0.3 is 0 Å². The van der Waals surface area contributed by atoms with Crippen molar-refractivity contribution in [3.8, 4) is 5.75 Å². The normalized spacial score (nSPS) is 11.4. The second-order valence-corrected chi connectivity index (χ2v) is 9.31. The van der Waals surface area contributed by atoms with Gasteiger partial charge in [0.25, 0.3) is 0 Å². The maximum absolute atomic E-state index is 6.23. The van der Waals surface area contributed by atoms with Gasteiger partial charge in [-0.1, -0.05) is 49.4 Å². The van der Waals surface area contributed by atoms with E-state index in [1.807, 2.05) is 6.92 Å². The summed E-state index contributed by atoms with van der Waals surface area (Å²) in [6, 6.07) is 18.8. The van der Waals surface area contributed by atoms with Crippen LogP contribution in [-0.4, -0.2) is 21.1 Å². The summed E-state index contributed by atoms with van der Waals surface area (Å²) in [6.45, 7) is 2.54. The van der Waals surface area contributed by atoms with Crippen LogP contribution in [0.15, 0.2) is 59.7 Å². The lowest BCUT2D eigenvalue weighted by Gasteiger charge is -2.13. The van der Waals surface area contributed by atoms with E-state index in [1.165, 1.54) is 16.3 Å². The highest BCUT2D eigenvalue weighted by Crippen LogP contribution is 2.30. The molecule has 0 saturated carbocycles. The van der Waals surface area contributed by atoms with Crippen molar-refractivity contribution >= 4 is 74.4 Å². The van der Waals surface area contributed by atoms with Gasteiger partial charge in [0, 0.05) is 6.42 Å². The summed E-state index contributed by atoms with van der Waals surface area (Å²) in [6.07, 6.45) is 2.55. The van der Waals surface area contributed by atoms with Crippen molar-refractivity contribution in [2.75, 3.05) is 0 Å². The number of aromatic amines is 1. The molecule has 0 aliphatic carbocycles. The highest BCUT2D eigenvalue weighted by Gasteiger charge is 2.10. The lowest BCUT2D eigenvalue weighted by Crippen LogP contribution is -2.01. The zero-order valence-electron chi connectivity index (χ0n) is 16.1. The van der Waals surface area contributed by atoms with Gasteiger partial charge in [-0.15, -0.1) is 0 Å². The second kappa shape index (κ2) is 9.56. The third-order valence-corrected chi connectivity index (χ3v) is 6.50. The van der Waals surface area contributed by atoms with Crippen LogP contribution >= 0.6 is 57.4 Å². The summed E-state index contributed by atoms with van der Waals surface area (Å²) >= 11 is 9.87. The van der Waals surface area contributed by atoms with E-state index in [0.29, 0.717) is 11.4 Å². The van der Waals surface area contributed by atoms with Gasteiger partial charge in [0.15, 0.2) is 5.82 Å². The first kappa shape index (κ1) is 21.4. The number of rotatable bonds is 6. The number of nitrogens with one attached hydrogen (secondary N) is 1. The molecule has 0 unspecified atom stereocenters. The van der Waals surface area contributed by atoms with Crippen molar-refractivity contribution in [1.82, 2.24) is 14.9 Å². The highest BCUT2D eigenvalue weighted by atomic mass is 127. The molecule has 0 radical (unpaired) electrons. The van der Waals surface area contributed by atoms with E-state index < -0.39 is 0 Å². The molecule has 4 rings (SSSR count). The van der Waals surface area contributed by atoms with E-state index in [1.54, 1.807) is 10.9 Å². The quantitative estimate of drug-likeness (QED) is 0.153. The van der Waals surface area contributed by atoms with Gasteiger partial charge < -0.3 is 4.74 Å². The van der Waals surface area contributed by atoms with Crippen LogP contribution in [0.4, 0.5) is 0 Å². The Bertz CT molecular complexity index is 1270. The Hall–Kier alpha value is -1.79. The maximum Gasteiger partial charge on any atom is 0.216 e. The molecule has 0 amide bonds. The first-order valence-corrected chi connectivity index (χ1v) is 11.9. The Labute approximate surface area is 206 Å². The summed E-state index contributed by atoms with van der Waals surface area (Å²) in [5, 5.41) is 13.9. The lowest BCUT2D eigenvalue weighted by atomic mass is 10.1. The molecule has 1 aromatic heterocycles. The smallest absolute Gasteiger partial charge is 0.216 e. The van der Waals surface area contributed by atoms with Crippen molar-refractivity contribution in [3.05, 3.63) is 83.5 Å². The minimum absolute atomic E-state index is 0.488. The number of ether oxygens (including phenoxy) is 1. The molecule has 0 aliphatic heterocycles. The van der Waals surface area contributed by atoms with Gasteiger partial charge in [0.1, 0.15) is 12.4 Å². The molecule has 1 N–H and O–H groups in total. The molecule has 4 aromatic rings. The first-order valence-electron chi connectivity index (χ1n) is 9.36. The van der Waals surface area contributed by atoms with Crippen molar-refractivity contribution in [2.24, 2.45) is 5.10 Å². The van der Waals surface area contributed by atoms with E-state index in [9.17, 15) is 0 Å². The Kier molecular flexibility index (Phi) is 6.84. The number of hydrogen-bond donors (Lipinski definition) is 1.